The predicted octanol–water partition coefficient (Wildman–Crippen LogP) is 1.63. The standard InChI is InChI=1S/C10H11NO2/c1-7(12)13-9-5-4-8-3-2-6-11-10(8)9/h2-3,6,9H,4-5H2,1H3/t9-/m0/s1. The van der Waals surface area contributed by atoms with Crippen molar-refractivity contribution in [1.29, 1.82) is 0 Å². The second-order valence-corrected chi connectivity index (χ2v) is 3.18. The van der Waals surface area contributed by atoms with Crippen LogP contribution >= 0.6 is 0 Å². The zero-order valence-corrected chi connectivity index (χ0v) is 7.49. The highest BCUT2D eigenvalue weighted by Crippen LogP contribution is 2.31. The molecule has 1 heterocycles. The van der Waals surface area contributed by atoms with Crippen LogP contribution in [0.5, 0.6) is 0 Å². The molecule has 0 unspecified atom stereocenters. The summed E-state index contributed by atoms with van der Waals surface area (Å²) in [6, 6.07) is 3.95. The highest BCUT2D eigenvalue weighted by molar-refractivity contribution is 5.66. The maximum absolute atomic E-state index is 10.8. The second kappa shape index (κ2) is 3.17. The summed E-state index contributed by atoms with van der Waals surface area (Å²) in [5.41, 5.74) is 2.13. The number of hydrogen-bond donors (Lipinski definition) is 0. The summed E-state index contributed by atoms with van der Waals surface area (Å²) in [6.45, 7) is 1.43. The van der Waals surface area contributed by atoms with Crippen LogP contribution in [-0.2, 0) is 16.0 Å². The van der Waals surface area contributed by atoms with Crippen LogP contribution in [0.2, 0.25) is 0 Å². The number of aromatic nitrogens is 1. The summed E-state index contributed by atoms with van der Waals surface area (Å²) >= 11 is 0. The molecular weight excluding hydrogens is 166 g/mol. The minimum atomic E-state index is -0.233. The Hall–Kier alpha value is -1.38. The molecule has 3 heteroatoms. The number of rotatable bonds is 1. The van der Waals surface area contributed by atoms with E-state index in [1.165, 1.54) is 12.5 Å². The van der Waals surface area contributed by atoms with Gasteiger partial charge < -0.3 is 4.74 Å². The molecule has 0 amide bonds. The molecule has 13 heavy (non-hydrogen) atoms. The van der Waals surface area contributed by atoms with Gasteiger partial charge in [0.2, 0.25) is 0 Å². The Morgan fingerprint density at radius 2 is 2.54 bits per heavy atom. The van der Waals surface area contributed by atoms with Gasteiger partial charge in [-0.1, -0.05) is 6.07 Å². The molecule has 0 radical (unpaired) electrons. The van der Waals surface area contributed by atoms with Crippen molar-refractivity contribution in [2.75, 3.05) is 0 Å². The monoisotopic (exact) mass is 177 g/mol. The first-order valence-electron chi connectivity index (χ1n) is 4.38. The molecule has 0 aromatic carbocycles. The van der Waals surface area contributed by atoms with Crippen LogP contribution in [0.15, 0.2) is 18.3 Å². The topological polar surface area (TPSA) is 39.2 Å². The van der Waals surface area contributed by atoms with Gasteiger partial charge in [-0.05, 0) is 24.5 Å². The number of pyridine rings is 1. The van der Waals surface area contributed by atoms with E-state index >= 15 is 0 Å². The molecular formula is C10H11NO2. The van der Waals surface area contributed by atoms with Gasteiger partial charge in [0, 0.05) is 13.1 Å². The third-order valence-corrected chi connectivity index (χ3v) is 2.22. The Morgan fingerprint density at radius 3 is 3.31 bits per heavy atom. The highest BCUT2D eigenvalue weighted by atomic mass is 16.5. The van der Waals surface area contributed by atoms with E-state index in [2.05, 4.69) is 4.98 Å². The lowest BCUT2D eigenvalue weighted by Crippen LogP contribution is -2.06. The van der Waals surface area contributed by atoms with E-state index in [1.807, 2.05) is 12.1 Å². The fourth-order valence-corrected chi connectivity index (χ4v) is 1.69. The second-order valence-electron chi connectivity index (χ2n) is 3.18. The normalized spacial score (nSPS) is 19.6. The van der Waals surface area contributed by atoms with Gasteiger partial charge in [0.25, 0.3) is 0 Å². The minimum Gasteiger partial charge on any atom is -0.456 e. The van der Waals surface area contributed by atoms with Crippen molar-refractivity contribution in [1.82, 2.24) is 4.98 Å². The van der Waals surface area contributed by atoms with Crippen LogP contribution in [0.1, 0.15) is 30.7 Å². The average molecular weight is 177 g/mol. The van der Waals surface area contributed by atoms with Crippen molar-refractivity contribution in [3.05, 3.63) is 29.6 Å². The fraction of sp³-hybridized carbons (Fsp3) is 0.400. The first-order valence-corrected chi connectivity index (χ1v) is 4.38. The Morgan fingerprint density at radius 1 is 1.69 bits per heavy atom. The van der Waals surface area contributed by atoms with E-state index in [0.29, 0.717) is 0 Å². The number of nitrogens with zero attached hydrogens (tertiary/aromatic N) is 1. The maximum Gasteiger partial charge on any atom is 0.303 e. The number of esters is 1. The fourth-order valence-electron chi connectivity index (χ4n) is 1.69. The van der Waals surface area contributed by atoms with E-state index in [-0.39, 0.29) is 12.1 Å². The van der Waals surface area contributed by atoms with Crippen molar-refractivity contribution in [3.8, 4) is 0 Å². The van der Waals surface area contributed by atoms with Gasteiger partial charge in [-0.2, -0.15) is 0 Å². The summed E-state index contributed by atoms with van der Waals surface area (Å²) in [5, 5.41) is 0. The van der Waals surface area contributed by atoms with Crippen molar-refractivity contribution in [2.24, 2.45) is 0 Å². The van der Waals surface area contributed by atoms with Crippen molar-refractivity contribution >= 4 is 5.97 Å². The van der Waals surface area contributed by atoms with E-state index in [9.17, 15) is 4.79 Å². The molecule has 0 saturated carbocycles. The molecule has 1 aromatic rings. The summed E-state index contributed by atoms with van der Waals surface area (Å²) < 4.78 is 5.14. The Balaban J connectivity index is 2.23. The molecule has 68 valence electrons. The van der Waals surface area contributed by atoms with Crippen molar-refractivity contribution in [3.63, 3.8) is 0 Å². The third kappa shape index (κ3) is 1.54. The van der Waals surface area contributed by atoms with Gasteiger partial charge in [0.05, 0.1) is 5.69 Å². The van der Waals surface area contributed by atoms with Crippen LogP contribution in [0.3, 0.4) is 0 Å². The smallest absolute Gasteiger partial charge is 0.303 e. The number of ether oxygens (including phenoxy) is 1. The van der Waals surface area contributed by atoms with Crippen LogP contribution in [-0.4, -0.2) is 11.0 Å². The molecule has 2 rings (SSSR count). The first kappa shape index (κ1) is 8.23. The quantitative estimate of drug-likeness (QED) is 0.612. The van der Waals surface area contributed by atoms with E-state index < -0.39 is 0 Å². The number of carbonyl (C=O) groups excluding carboxylic acids is 1. The van der Waals surface area contributed by atoms with Gasteiger partial charge in [-0.3, -0.25) is 9.78 Å². The molecule has 0 fully saturated rings. The molecule has 1 aromatic heterocycles. The van der Waals surface area contributed by atoms with Gasteiger partial charge in [0.15, 0.2) is 0 Å². The van der Waals surface area contributed by atoms with Crippen LogP contribution in [0.4, 0.5) is 0 Å². The minimum absolute atomic E-state index is 0.117. The van der Waals surface area contributed by atoms with E-state index in [4.69, 9.17) is 4.74 Å². The van der Waals surface area contributed by atoms with Gasteiger partial charge in [-0.25, -0.2) is 0 Å². The SMILES string of the molecule is CC(=O)O[C@H]1CCc2cccnc21. The summed E-state index contributed by atoms with van der Waals surface area (Å²) in [6.07, 6.45) is 3.45. The van der Waals surface area contributed by atoms with Gasteiger partial charge in [-0.15, -0.1) is 0 Å². The molecule has 0 bridgehead atoms. The largest absolute Gasteiger partial charge is 0.456 e. The van der Waals surface area contributed by atoms with Crippen LogP contribution in [0.25, 0.3) is 0 Å². The molecule has 0 saturated heterocycles. The zero-order chi connectivity index (χ0) is 9.26. The summed E-state index contributed by atoms with van der Waals surface area (Å²) in [4.78, 5) is 15.0. The molecule has 1 aliphatic carbocycles. The molecule has 0 N–H and O–H groups in total. The van der Waals surface area contributed by atoms with E-state index in [0.717, 1.165) is 18.5 Å². The molecule has 3 nitrogen and oxygen atoms in total. The van der Waals surface area contributed by atoms with Crippen molar-refractivity contribution < 1.29 is 9.53 Å². The highest BCUT2D eigenvalue weighted by Gasteiger charge is 2.25. The molecule has 0 spiro atoms. The number of carbonyl (C=O) groups is 1. The summed E-state index contributed by atoms with van der Waals surface area (Å²) in [5.74, 6) is -0.233. The van der Waals surface area contributed by atoms with Crippen LogP contribution in [0, 0.1) is 0 Å². The summed E-state index contributed by atoms with van der Waals surface area (Å²) in [7, 11) is 0. The van der Waals surface area contributed by atoms with Crippen LogP contribution < -0.4 is 0 Å². The Kier molecular flexibility index (Phi) is 2.00. The average Bonchev–Trinajstić information content (AvgIpc) is 2.48. The molecule has 1 atom stereocenters. The van der Waals surface area contributed by atoms with E-state index in [1.54, 1.807) is 6.20 Å². The van der Waals surface area contributed by atoms with Gasteiger partial charge in [0.1, 0.15) is 6.10 Å². The number of hydrogen-bond acceptors (Lipinski definition) is 3. The maximum atomic E-state index is 10.8. The lowest BCUT2D eigenvalue weighted by Gasteiger charge is -2.09. The molecule has 0 aliphatic heterocycles. The Bertz CT molecular complexity index is 335. The Labute approximate surface area is 76.7 Å². The van der Waals surface area contributed by atoms with Gasteiger partial charge >= 0.3 is 5.97 Å². The lowest BCUT2D eigenvalue weighted by molar-refractivity contribution is -0.146. The number of aryl methyl sites for hydroxylation is 1. The number of fused-ring (bicyclic) bond motifs is 1. The first-order chi connectivity index (χ1) is 6.27. The van der Waals surface area contributed by atoms with Crippen molar-refractivity contribution in [2.45, 2.75) is 25.9 Å². The zero-order valence-electron chi connectivity index (χ0n) is 7.49. The lowest BCUT2D eigenvalue weighted by atomic mass is 10.2. The predicted molar refractivity (Wildman–Crippen MR) is 47.1 cm³/mol. The third-order valence-electron chi connectivity index (χ3n) is 2.22. The molecule has 1 aliphatic rings.